The van der Waals surface area contributed by atoms with Crippen molar-refractivity contribution in [2.75, 3.05) is 14.2 Å². The minimum atomic E-state index is -0.459. The Morgan fingerprint density at radius 3 is 2.53 bits per heavy atom. The maximum Gasteiger partial charge on any atom is 0.165 e. The van der Waals surface area contributed by atoms with Gasteiger partial charge in [0.1, 0.15) is 5.82 Å². The summed E-state index contributed by atoms with van der Waals surface area (Å²) in [6, 6.07) is 9.12. The number of ether oxygens (including phenoxy) is 1. The fourth-order valence-electron chi connectivity index (χ4n) is 2.00. The van der Waals surface area contributed by atoms with Crippen molar-refractivity contribution in [1.82, 2.24) is 5.32 Å². The van der Waals surface area contributed by atoms with Crippen LogP contribution in [0.25, 0.3) is 11.1 Å². The van der Waals surface area contributed by atoms with E-state index in [4.69, 9.17) is 4.74 Å². The first-order valence-electron chi connectivity index (χ1n) is 5.92. The number of nitrogens with one attached hydrogen (secondary N) is 1. The summed E-state index contributed by atoms with van der Waals surface area (Å²) < 4.78 is 32.0. The van der Waals surface area contributed by atoms with Crippen LogP contribution in [0.1, 0.15) is 5.56 Å². The van der Waals surface area contributed by atoms with Crippen molar-refractivity contribution in [2.45, 2.75) is 6.54 Å². The first kappa shape index (κ1) is 13.5. The molecule has 0 radical (unpaired) electrons. The lowest BCUT2D eigenvalue weighted by Gasteiger charge is -2.11. The molecule has 0 aliphatic rings. The van der Waals surface area contributed by atoms with E-state index in [-0.39, 0.29) is 11.6 Å². The molecule has 0 aromatic heterocycles. The zero-order chi connectivity index (χ0) is 13.8. The van der Waals surface area contributed by atoms with Crippen molar-refractivity contribution in [3.63, 3.8) is 0 Å². The Kier molecular flexibility index (Phi) is 4.12. The highest BCUT2D eigenvalue weighted by Gasteiger charge is 2.09. The Hall–Kier alpha value is -1.94. The number of halogens is 2. The van der Waals surface area contributed by atoms with Gasteiger partial charge in [0, 0.05) is 6.54 Å². The molecule has 2 rings (SSSR count). The molecule has 2 nitrogen and oxygen atoms in total. The van der Waals surface area contributed by atoms with Crippen LogP contribution in [0.3, 0.4) is 0 Å². The summed E-state index contributed by atoms with van der Waals surface area (Å²) in [5.74, 6) is -0.624. The number of hydrogen-bond acceptors (Lipinski definition) is 2. The molecule has 0 saturated heterocycles. The second kappa shape index (κ2) is 5.80. The molecule has 2 aromatic carbocycles. The molecule has 0 fully saturated rings. The van der Waals surface area contributed by atoms with Crippen LogP contribution in [0.15, 0.2) is 36.4 Å². The van der Waals surface area contributed by atoms with E-state index in [1.165, 1.54) is 25.3 Å². The summed E-state index contributed by atoms with van der Waals surface area (Å²) in [6.45, 7) is 0.587. The van der Waals surface area contributed by atoms with Crippen molar-refractivity contribution >= 4 is 0 Å². The lowest BCUT2D eigenvalue weighted by molar-refractivity contribution is 0.386. The monoisotopic (exact) mass is 263 g/mol. The topological polar surface area (TPSA) is 21.3 Å². The van der Waals surface area contributed by atoms with E-state index in [9.17, 15) is 8.78 Å². The molecule has 0 spiro atoms. The quantitative estimate of drug-likeness (QED) is 0.913. The second-order valence-corrected chi connectivity index (χ2v) is 4.18. The molecule has 0 heterocycles. The van der Waals surface area contributed by atoms with E-state index < -0.39 is 5.82 Å². The third-order valence-electron chi connectivity index (χ3n) is 2.90. The molecule has 0 unspecified atom stereocenters. The van der Waals surface area contributed by atoms with Gasteiger partial charge >= 0.3 is 0 Å². The maximum absolute atomic E-state index is 13.7. The summed E-state index contributed by atoms with van der Waals surface area (Å²) >= 11 is 0. The first-order chi connectivity index (χ1) is 9.15. The van der Waals surface area contributed by atoms with Crippen molar-refractivity contribution in [1.29, 1.82) is 0 Å². The smallest absolute Gasteiger partial charge is 0.165 e. The molecule has 1 N–H and O–H groups in total. The minimum absolute atomic E-state index is 0.176. The SMILES string of the molecule is CNCc1ccc(F)cc1-c1ccc(OC)c(F)c1. The van der Waals surface area contributed by atoms with Crippen LogP contribution in [0.5, 0.6) is 5.75 Å². The minimum Gasteiger partial charge on any atom is -0.494 e. The number of methoxy groups -OCH3 is 1. The second-order valence-electron chi connectivity index (χ2n) is 4.18. The molecule has 19 heavy (non-hydrogen) atoms. The highest BCUT2D eigenvalue weighted by Crippen LogP contribution is 2.28. The largest absolute Gasteiger partial charge is 0.494 e. The van der Waals surface area contributed by atoms with Crippen molar-refractivity contribution in [2.24, 2.45) is 0 Å². The van der Waals surface area contributed by atoms with Gasteiger partial charge < -0.3 is 10.1 Å². The van der Waals surface area contributed by atoms with Crippen LogP contribution in [-0.4, -0.2) is 14.2 Å². The summed E-state index contributed by atoms with van der Waals surface area (Å²) in [5.41, 5.74) is 2.22. The van der Waals surface area contributed by atoms with Crippen LogP contribution in [0.2, 0.25) is 0 Å². The van der Waals surface area contributed by atoms with E-state index >= 15 is 0 Å². The molecular weight excluding hydrogens is 248 g/mol. The highest BCUT2D eigenvalue weighted by molar-refractivity contribution is 5.68. The summed E-state index contributed by atoms with van der Waals surface area (Å²) in [5, 5.41) is 3.01. The van der Waals surface area contributed by atoms with E-state index in [2.05, 4.69) is 5.32 Å². The van der Waals surface area contributed by atoms with Crippen LogP contribution in [0, 0.1) is 11.6 Å². The molecule has 4 heteroatoms. The fraction of sp³-hybridized carbons (Fsp3) is 0.200. The lowest BCUT2D eigenvalue weighted by Crippen LogP contribution is -2.06. The zero-order valence-corrected chi connectivity index (χ0v) is 10.8. The van der Waals surface area contributed by atoms with Gasteiger partial charge in [-0.2, -0.15) is 0 Å². The van der Waals surface area contributed by atoms with E-state index in [1.807, 2.05) is 7.05 Å². The van der Waals surface area contributed by atoms with E-state index in [0.29, 0.717) is 17.7 Å². The molecule has 0 amide bonds. The summed E-state index contributed by atoms with van der Waals surface area (Å²) in [6.07, 6.45) is 0. The van der Waals surface area contributed by atoms with E-state index in [1.54, 1.807) is 18.2 Å². The fourth-order valence-corrected chi connectivity index (χ4v) is 2.00. The van der Waals surface area contributed by atoms with Gasteiger partial charge in [-0.1, -0.05) is 12.1 Å². The molecule has 0 aliphatic heterocycles. The van der Waals surface area contributed by atoms with Crippen LogP contribution < -0.4 is 10.1 Å². The number of rotatable bonds is 4. The third kappa shape index (κ3) is 2.90. The molecule has 100 valence electrons. The zero-order valence-electron chi connectivity index (χ0n) is 10.8. The van der Waals surface area contributed by atoms with Crippen molar-refractivity contribution in [3.05, 3.63) is 53.6 Å². The predicted octanol–water partition coefficient (Wildman–Crippen LogP) is 3.36. The van der Waals surface area contributed by atoms with Gasteiger partial charge in [-0.3, -0.25) is 0 Å². The van der Waals surface area contributed by atoms with Crippen molar-refractivity contribution < 1.29 is 13.5 Å². The molecule has 0 aliphatic carbocycles. The normalized spacial score (nSPS) is 10.5. The van der Waals surface area contributed by atoms with Gasteiger partial charge in [0.25, 0.3) is 0 Å². The Balaban J connectivity index is 2.51. The standard InChI is InChI=1S/C15H15F2NO/c1-18-9-11-3-5-12(16)8-13(11)10-4-6-15(19-2)14(17)7-10/h3-8,18H,9H2,1-2H3. The Morgan fingerprint density at radius 2 is 1.89 bits per heavy atom. The molecule has 0 saturated carbocycles. The average molecular weight is 263 g/mol. The lowest BCUT2D eigenvalue weighted by atomic mass is 9.99. The molecule has 0 bridgehead atoms. The third-order valence-corrected chi connectivity index (χ3v) is 2.90. The van der Waals surface area contributed by atoms with Gasteiger partial charge in [-0.15, -0.1) is 0 Å². The Morgan fingerprint density at radius 1 is 1.11 bits per heavy atom. The van der Waals surface area contributed by atoms with Crippen LogP contribution >= 0.6 is 0 Å². The average Bonchev–Trinajstić information content (AvgIpc) is 2.41. The van der Waals surface area contributed by atoms with Gasteiger partial charge in [0.05, 0.1) is 7.11 Å². The highest BCUT2D eigenvalue weighted by atomic mass is 19.1. The van der Waals surface area contributed by atoms with E-state index in [0.717, 1.165) is 5.56 Å². The van der Waals surface area contributed by atoms with Gasteiger partial charge in [0.2, 0.25) is 0 Å². The van der Waals surface area contributed by atoms with Crippen molar-refractivity contribution in [3.8, 4) is 16.9 Å². The first-order valence-corrected chi connectivity index (χ1v) is 5.92. The van der Waals surface area contributed by atoms with Gasteiger partial charge in [-0.05, 0) is 48.0 Å². The predicted molar refractivity (Wildman–Crippen MR) is 71.1 cm³/mol. The van der Waals surface area contributed by atoms with Gasteiger partial charge in [0.15, 0.2) is 11.6 Å². The summed E-state index contributed by atoms with van der Waals surface area (Å²) in [7, 11) is 3.22. The van der Waals surface area contributed by atoms with Crippen LogP contribution in [0.4, 0.5) is 8.78 Å². The molecule has 0 atom stereocenters. The summed E-state index contributed by atoms with van der Waals surface area (Å²) in [4.78, 5) is 0. The van der Waals surface area contributed by atoms with Gasteiger partial charge in [-0.25, -0.2) is 8.78 Å². The Labute approximate surface area is 111 Å². The Bertz CT molecular complexity index is 584. The molecule has 2 aromatic rings. The molecular formula is C15H15F2NO. The number of hydrogen-bond donors (Lipinski definition) is 1. The van der Waals surface area contributed by atoms with Crippen LogP contribution in [-0.2, 0) is 6.54 Å². The maximum atomic E-state index is 13.7. The number of benzene rings is 2.